The molecule has 1 aliphatic carbocycles. The van der Waals surface area contributed by atoms with Crippen molar-refractivity contribution in [1.29, 1.82) is 0 Å². The molecule has 134 valence electrons. The number of hydrogen-bond acceptors (Lipinski definition) is 4. The highest BCUT2D eigenvalue weighted by Crippen LogP contribution is 2.29. The molecule has 0 saturated heterocycles. The summed E-state index contributed by atoms with van der Waals surface area (Å²) in [6, 6.07) is 16.1. The zero-order valence-electron chi connectivity index (χ0n) is 14.9. The van der Waals surface area contributed by atoms with Crippen LogP contribution < -0.4 is 0 Å². The molecule has 0 atom stereocenters. The molecule has 4 nitrogen and oxygen atoms in total. The van der Waals surface area contributed by atoms with E-state index in [1.54, 1.807) is 17.4 Å². The van der Waals surface area contributed by atoms with E-state index >= 15 is 0 Å². The molecular formula is C21H22N2O2S. The minimum absolute atomic E-state index is 0.0334. The first-order valence-corrected chi connectivity index (χ1v) is 9.91. The van der Waals surface area contributed by atoms with Crippen LogP contribution in [-0.4, -0.2) is 22.0 Å². The molecule has 0 N–H and O–H groups in total. The fraction of sp³-hybridized carbons (Fsp3) is 0.333. The van der Waals surface area contributed by atoms with Crippen LogP contribution in [0.3, 0.4) is 0 Å². The number of aromatic nitrogens is 1. The fourth-order valence-electron chi connectivity index (χ4n) is 3.58. The van der Waals surface area contributed by atoms with Gasteiger partial charge in [0.05, 0.1) is 6.54 Å². The molecule has 2 aromatic heterocycles. The Balaban J connectivity index is 1.58. The van der Waals surface area contributed by atoms with E-state index in [0.717, 1.165) is 18.4 Å². The number of aryl methyl sites for hydroxylation is 1. The molecule has 1 amide bonds. The maximum absolute atomic E-state index is 13.2. The Kier molecular flexibility index (Phi) is 4.89. The fourth-order valence-corrected chi connectivity index (χ4v) is 4.47. The van der Waals surface area contributed by atoms with Gasteiger partial charge in [-0.2, -0.15) is 0 Å². The minimum atomic E-state index is -0.0334. The van der Waals surface area contributed by atoms with Gasteiger partial charge in [-0.05, 0) is 31.9 Å². The van der Waals surface area contributed by atoms with Gasteiger partial charge < -0.3 is 9.42 Å². The molecule has 1 aliphatic rings. The zero-order valence-corrected chi connectivity index (χ0v) is 15.7. The first-order chi connectivity index (χ1) is 12.7. The number of thiophene rings is 1. The smallest absolute Gasteiger partial charge is 0.276 e. The molecule has 1 saturated carbocycles. The molecule has 4 rings (SSSR count). The van der Waals surface area contributed by atoms with E-state index in [0.29, 0.717) is 24.0 Å². The van der Waals surface area contributed by atoms with Crippen molar-refractivity contribution in [2.45, 2.75) is 45.2 Å². The van der Waals surface area contributed by atoms with Gasteiger partial charge in [0.1, 0.15) is 0 Å². The van der Waals surface area contributed by atoms with Crippen LogP contribution in [0.15, 0.2) is 53.1 Å². The topological polar surface area (TPSA) is 46.3 Å². The van der Waals surface area contributed by atoms with Gasteiger partial charge in [-0.1, -0.05) is 48.3 Å². The van der Waals surface area contributed by atoms with E-state index in [-0.39, 0.29) is 5.91 Å². The Labute approximate surface area is 157 Å². The van der Waals surface area contributed by atoms with E-state index in [4.69, 9.17) is 4.52 Å². The highest BCUT2D eigenvalue weighted by Gasteiger charge is 2.29. The van der Waals surface area contributed by atoms with Crippen LogP contribution in [0.1, 0.15) is 45.9 Å². The number of benzene rings is 1. The van der Waals surface area contributed by atoms with E-state index in [1.807, 2.05) is 35.2 Å². The van der Waals surface area contributed by atoms with Gasteiger partial charge in [0.2, 0.25) is 0 Å². The van der Waals surface area contributed by atoms with E-state index in [2.05, 4.69) is 24.2 Å². The quantitative estimate of drug-likeness (QED) is 0.616. The van der Waals surface area contributed by atoms with Crippen molar-refractivity contribution < 1.29 is 9.32 Å². The Morgan fingerprint density at radius 1 is 1.19 bits per heavy atom. The third kappa shape index (κ3) is 3.58. The van der Waals surface area contributed by atoms with Crippen molar-refractivity contribution in [2.75, 3.05) is 0 Å². The molecule has 0 bridgehead atoms. The number of hydrogen-bond donors (Lipinski definition) is 0. The van der Waals surface area contributed by atoms with Crippen LogP contribution in [0.25, 0.3) is 11.3 Å². The number of carbonyl (C=O) groups excluding carboxylic acids is 1. The van der Waals surface area contributed by atoms with Crippen LogP contribution in [0, 0.1) is 6.92 Å². The lowest BCUT2D eigenvalue weighted by Crippen LogP contribution is -2.38. The molecule has 0 aliphatic heterocycles. The van der Waals surface area contributed by atoms with Crippen molar-refractivity contribution >= 4 is 17.2 Å². The van der Waals surface area contributed by atoms with Crippen LogP contribution in [0.5, 0.6) is 0 Å². The molecule has 0 unspecified atom stereocenters. The van der Waals surface area contributed by atoms with E-state index in [1.165, 1.54) is 22.6 Å². The number of carbonyl (C=O) groups is 1. The maximum Gasteiger partial charge on any atom is 0.276 e. The van der Waals surface area contributed by atoms with Gasteiger partial charge in [-0.3, -0.25) is 4.79 Å². The van der Waals surface area contributed by atoms with Crippen molar-refractivity contribution in [1.82, 2.24) is 10.1 Å². The summed E-state index contributed by atoms with van der Waals surface area (Å²) < 4.78 is 5.44. The molecule has 5 heteroatoms. The summed E-state index contributed by atoms with van der Waals surface area (Å²) in [6.45, 7) is 2.75. The highest BCUT2D eigenvalue weighted by atomic mass is 32.1. The predicted molar refractivity (Wildman–Crippen MR) is 103 cm³/mol. The van der Waals surface area contributed by atoms with Crippen LogP contribution in [0.4, 0.5) is 0 Å². The molecule has 1 fully saturated rings. The second-order valence-corrected chi connectivity index (χ2v) is 8.20. The Morgan fingerprint density at radius 3 is 2.65 bits per heavy atom. The number of nitrogens with zero attached hydrogens (tertiary/aromatic N) is 2. The Bertz CT molecular complexity index is 878. The lowest BCUT2D eigenvalue weighted by molar-refractivity contribution is 0.0656. The first-order valence-electron chi connectivity index (χ1n) is 9.09. The van der Waals surface area contributed by atoms with Crippen LogP contribution >= 0.6 is 11.3 Å². The summed E-state index contributed by atoms with van der Waals surface area (Å²) >= 11 is 1.75. The van der Waals surface area contributed by atoms with Gasteiger partial charge in [0.15, 0.2) is 11.5 Å². The van der Waals surface area contributed by atoms with Gasteiger partial charge in [-0.15, -0.1) is 11.3 Å². The summed E-state index contributed by atoms with van der Waals surface area (Å²) in [4.78, 5) is 17.7. The summed E-state index contributed by atoms with van der Waals surface area (Å²) in [5.41, 5.74) is 1.32. The second-order valence-electron chi connectivity index (χ2n) is 6.83. The summed E-state index contributed by atoms with van der Waals surface area (Å²) in [5, 5.41) is 4.07. The molecule has 0 spiro atoms. The summed E-state index contributed by atoms with van der Waals surface area (Å²) in [7, 11) is 0. The molecule has 1 aromatic carbocycles. The van der Waals surface area contributed by atoms with Crippen LogP contribution in [0.2, 0.25) is 0 Å². The molecule has 26 heavy (non-hydrogen) atoms. The first kappa shape index (κ1) is 17.0. The molecule has 0 radical (unpaired) electrons. The second kappa shape index (κ2) is 7.46. The molecule has 3 aromatic rings. The van der Waals surface area contributed by atoms with Gasteiger partial charge >= 0.3 is 0 Å². The third-order valence-electron chi connectivity index (χ3n) is 4.94. The summed E-state index contributed by atoms with van der Waals surface area (Å²) in [5.74, 6) is 0.598. The zero-order chi connectivity index (χ0) is 17.9. The lowest BCUT2D eigenvalue weighted by Gasteiger charge is -2.27. The van der Waals surface area contributed by atoms with Crippen molar-refractivity contribution in [3.05, 3.63) is 64.0 Å². The summed E-state index contributed by atoms with van der Waals surface area (Å²) in [6.07, 6.45) is 4.51. The monoisotopic (exact) mass is 366 g/mol. The SMILES string of the molecule is Cc1ccc(CN(C(=O)c2cc(-c3ccccc3)on2)C2CCCC2)s1. The Hall–Kier alpha value is -2.40. The van der Waals surface area contributed by atoms with Gasteiger partial charge in [0.25, 0.3) is 5.91 Å². The average Bonchev–Trinajstić information content (AvgIpc) is 3.41. The van der Waals surface area contributed by atoms with E-state index in [9.17, 15) is 4.79 Å². The lowest BCUT2D eigenvalue weighted by atomic mass is 10.1. The third-order valence-corrected chi connectivity index (χ3v) is 5.92. The minimum Gasteiger partial charge on any atom is -0.355 e. The number of rotatable bonds is 5. The largest absolute Gasteiger partial charge is 0.355 e. The van der Waals surface area contributed by atoms with Gasteiger partial charge in [-0.25, -0.2) is 0 Å². The van der Waals surface area contributed by atoms with Crippen molar-refractivity contribution in [3.63, 3.8) is 0 Å². The normalized spacial score (nSPS) is 14.7. The number of amides is 1. The van der Waals surface area contributed by atoms with Crippen molar-refractivity contribution in [3.8, 4) is 11.3 Å². The maximum atomic E-state index is 13.2. The predicted octanol–water partition coefficient (Wildman–Crippen LogP) is 5.30. The van der Waals surface area contributed by atoms with E-state index < -0.39 is 0 Å². The standard InChI is InChI=1S/C21H22N2O2S/c1-15-11-12-18(26-15)14-23(17-9-5-6-10-17)21(24)19-13-20(25-22-19)16-7-3-2-4-8-16/h2-4,7-8,11-13,17H,5-6,9-10,14H2,1H3. The molecular weight excluding hydrogens is 344 g/mol. The molecule has 2 heterocycles. The highest BCUT2D eigenvalue weighted by molar-refractivity contribution is 7.11. The van der Waals surface area contributed by atoms with Crippen LogP contribution in [-0.2, 0) is 6.54 Å². The Morgan fingerprint density at radius 2 is 1.96 bits per heavy atom. The van der Waals surface area contributed by atoms with Gasteiger partial charge in [0, 0.05) is 27.4 Å². The average molecular weight is 366 g/mol. The van der Waals surface area contributed by atoms with Crippen molar-refractivity contribution in [2.24, 2.45) is 0 Å².